The summed E-state index contributed by atoms with van der Waals surface area (Å²) in [5, 5.41) is 16.6. The van der Waals surface area contributed by atoms with Gasteiger partial charge >= 0.3 is 0 Å². The number of aliphatic hydroxyl groups excluding tert-OH is 1. The third-order valence-corrected chi connectivity index (χ3v) is 5.86. The molecule has 6 heteroatoms. The first-order valence-electron chi connectivity index (χ1n) is 8.51. The highest BCUT2D eigenvalue weighted by molar-refractivity contribution is 7.17. The van der Waals surface area contributed by atoms with Crippen LogP contribution in [0.4, 0.5) is 5.82 Å². The highest BCUT2D eigenvalue weighted by atomic mass is 32.1. The highest BCUT2D eigenvalue weighted by Crippen LogP contribution is 2.37. The van der Waals surface area contributed by atoms with Crippen molar-refractivity contribution in [2.75, 3.05) is 31.7 Å². The van der Waals surface area contributed by atoms with E-state index in [-0.39, 0.29) is 12.0 Å². The van der Waals surface area contributed by atoms with E-state index in [1.807, 2.05) is 18.2 Å². The number of thiophene rings is 1. The fraction of sp³-hybridized carbons (Fsp3) is 0.368. The SMILES string of the molecule is OCC1(CNc2ncnc3scc(-c4ccccc4)c23)CCOCC1. The fourth-order valence-electron chi connectivity index (χ4n) is 3.31. The van der Waals surface area contributed by atoms with Gasteiger partial charge in [-0.05, 0) is 18.4 Å². The Morgan fingerprint density at radius 1 is 1.16 bits per heavy atom. The van der Waals surface area contributed by atoms with Gasteiger partial charge in [0.2, 0.25) is 0 Å². The first-order chi connectivity index (χ1) is 12.3. The second-order valence-electron chi connectivity index (χ2n) is 6.54. The van der Waals surface area contributed by atoms with E-state index >= 15 is 0 Å². The lowest BCUT2D eigenvalue weighted by Crippen LogP contribution is -2.39. The summed E-state index contributed by atoms with van der Waals surface area (Å²) < 4.78 is 5.45. The van der Waals surface area contributed by atoms with Gasteiger partial charge in [0.25, 0.3) is 0 Å². The van der Waals surface area contributed by atoms with E-state index in [9.17, 15) is 5.11 Å². The molecule has 0 spiro atoms. The molecule has 0 atom stereocenters. The van der Waals surface area contributed by atoms with Crippen LogP contribution >= 0.6 is 11.3 Å². The number of ether oxygens (including phenoxy) is 1. The van der Waals surface area contributed by atoms with Crippen molar-refractivity contribution >= 4 is 27.4 Å². The van der Waals surface area contributed by atoms with E-state index in [4.69, 9.17) is 4.74 Å². The molecular formula is C19H21N3O2S. The van der Waals surface area contributed by atoms with Crippen molar-refractivity contribution in [2.24, 2.45) is 5.41 Å². The van der Waals surface area contributed by atoms with Crippen molar-refractivity contribution in [3.8, 4) is 11.1 Å². The van der Waals surface area contributed by atoms with Gasteiger partial charge < -0.3 is 15.2 Å². The molecule has 3 aromatic rings. The Morgan fingerprint density at radius 3 is 2.72 bits per heavy atom. The number of hydrogen-bond acceptors (Lipinski definition) is 6. The number of nitrogens with zero attached hydrogens (tertiary/aromatic N) is 2. The predicted molar refractivity (Wildman–Crippen MR) is 101 cm³/mol. The molecule has 1 fully saturated rings. The lowest BCUT2D eigenvalue weighted by atomic mass is 9.81. The topological polar surface area (TPSA) is 67.3 Å². The van der Waals surface area contributed by atoms with E-state index in [0.29, 0.717) is 19.8 Å². The summed E-state index contributed by atoms with van der Waals surface area (Å²) in [6, 6.07) is 10.3. The van der Waals surface area contributed by atoms with Crippen LogP contribution in [-0.4, -0.2) is 41.4 Å². The van der Waals surface area contributed by atoms with Crippen molar-refractivity contribution < 1.29 is 9.84 Å². The number of anilines is 1. The van der Waals surface area contributed by atoms with E-state index in [1.54, 1.807) is 17.7 Å². The normalized spacial score (nSPS) is 16.8. The van der Waals surface area contributed by atoms with Crippen LogP contribution in [0.25, 0.3) is 21.3 Å². The summed E-state index contributed by atoms with van der Waals surface area (Å²) in [6.07, 6.45) is 3.32. The van der Waals surface area contributed by atoms with Gasteiger partial charge in [0, 0.05) is 36.1 Å². The number of nitrogens with one attached hydrogen (secondary N) is 1. The van der Waals surface area contributed by atoms with Crippen LogP contribution in [-0.2, 0) is 4.74 Å². The van der Waals surface area contributed by atoms with Crippen LogP contribution in [0.3, 0.4) is 0 Å². The smallest absolute Gasteiger partial charge is 0.138 e. The van der Waals surface area contributed by atoms with Crippen molar-refractivity contribution in [3.63, 3.8) is 0 Å². The van der Waals surface area contributed by atoms with Crippen molar-refractivity contribution in [2.45, 2.75) is 12.8 Å². The Balaban J connectivity index is 1.67. The molecule has 0 unspecified atom stereocenters. The maximum atomic E-state index is 9.90. The van der Waals surface area contributed by atoms with Crippen LogP contribution in [0.2, 0.25) is 0 Å². The zero-order valence-corrected chi connectivity index (χ0v) is 14.8. The molecule has 0 aliphatic carbocycles. The maximum absolute atomic E-state index is 9.90. The summed E-state index contributed by atoms with van der Waals surface area (Å²) in [5.74, 6) is 0.837. The number of benzene rings is 1. The van der Waals surface area contributed by atoms with Gasteiger partial charge in [0.05, 0.1) is 12.0 Å². The molecule has 3 heterocycles. The van der Waals surface area contributed by atoms with Gasteiger partial charge in [0.1, 0.15) is 17.0 Å². The molecule has 1 aliphatic rings. The van der Waals surface area contributed by atoms with Gasteiger partial charge in [-0.15, -0.1) is 11.3 Å². The lowest BCUT2D eigenvalue weighted by Gasteiger charge is -2.35. The number of aromatic nitrogens is 2. The first kappa shape index (κ1) is 16.4. The molecule has 25 heavy (non-hydrogen) atoms. The van der Waals surface area contributed by atoms with Gasteiger partial charge in [-0.3, -0.25) is 0 Å². The highest BCUT2D eigenvalue weighted by Gasteiger charge is 2.32. The van der Waals surface area contributed by atoms with E-state index in [1.165, 1.54) is 0 Å². The molecule has 1 aromatic carbocycles. The molecule has 130 valence electrons. The molecule has 1 aliphatic heterocycles. The molecule has 0 radical (unpaired) electrons. The van der Waals surface area contributed by atoms with Crippen LogP contribution < -0.4 is 5.32 Å². The quantitative estimate of drug-likeness (QED) is 0.732. The zero-order valence-electron chi connectivity index (χ0n) is 13.9. The first-order valence-corrected chi connectivity index (χ1v) is 9.39. The average molecular weight is 355 g/mol. The van der Waals surface area contributed by atoms with Gasteiger partial charge in [-0.25, -0.2) is 9.97 Å². The number of hydrogen-bond donors (Lipinski definition) is 2. The molecule has 2 N–H and O–H groups in total. The molecular weight excluding hydrogens is 334 g/mol. The molecule has 0 bridgehead atoms. The molecule has 0 amide bonds. The minimum Gasteiger partial charge on any atom is -0.396 e. The average Bonchev–Trinajstić information content (AvgIpc) is 3.12. The molecule has 2 aromatic heterocycles. The van der Waals surface area contributed by atoms with E-state index in [0.717, 1.165) is 40.0 Å². The molecule has 4 rings (SSSR count). The molecule has 0 saturated carbocycles. The van der Waals surface area contributed by atoms with Gasteiger partial charge in [-0.1, -0.05) is 30.3 Å². The Hall–Kier alpha value is -2.02. The second kappa shape index (κ2) is 7.07. The molecule has 5 nitrogen and oxygen atoms in total. The Bertz CT molecular complexity index is 844. The van der Waals surface area contributed by atoms with E-state index in [2.05, 4.69) is 32.8 Å². The minimum atomic E-state index is -0.140. The summed E-state index contributed by atoms with van der Waals surface area (Å²) in [5.41, 5.74) is 2.17. The van der Waals surface area contributed by atoms with Gasteiger partial charge in [-0.2, -0.15) is 0 Å². The third-order valence-electron chi connectivity index (χ3n) is 4.97. The van der Waals surface area contributed by atoms with Crippen LogP contribution in [0.5, 0.6) is 0 Å². The van der Waals surface area contributed by atoms with Gasteiger partial charge in [0.15, 0.2) is 0 Å². The summed E-state index contributed by atoms with van der Waals surface area (Å²) in [6.45, 7) is 2.25. The maximum Gasteiger partial charge on any atom is 0.138 e. The fourth-order valence-corrected chi connectivity index (χ4v) is 4.22. The standard InChI is InChI=1S/C19H21N3O2S/c23-12-19(6-8-24-9-7-19)11-20-17-16-15(14-4-2-1-3-5-14)10-25-18(16)22-13-21-17/h1-5,10,13,23H,6-9,11-12H2,(H,20,21,22). The Morgan fingerprint density at radius 2 is 1.96 bits per heavy atom. The summed E-state index contributed by atoms with van der Waals surface area (Å²) in [7, 11) is 0. The number of fused-ring (bicyclic) bond motifs is 1. The monoisotopic (exact) mass is 355 g/mol. The second-order valence-corrected chi connectivity index (χ2v) is 7.40. The van der Waals surface area contributed by atoms with Crippen LogP contribution in [0.15, 0.2) is 42.0 Å². The third kappa shape index (κ3) is 3.25. The van der Waals surface area contributed by atoms with Crippen molar-refractivity contribution in [3.05, 3.63) is 42.0 Å². The largest absolute Gasteiger partial charge is 0.396 e. The van der Waals surface area contributed by atoms with E-state index < -0.39 is 0 Å². The molecule has 1 saturated heterocycles. The summed E-state index contributed by atoms with van der Waals surface area (Å²) >= 11 is 1.63. The Kier molecular flexibility index (Phi) is 4.65. The Labute approximate surface area is 150 Å². The number of rotatable bonds is 5. The van der Waals surface area contributed by atoms with Crippen molar-refractivity contribution in [1.29, 1.82) is 0 Å². The summed E-state index contributed by atoms with van der Waals surface area (Å²) in [4.78, 5) is 9.88. The zero-order chi connectivity index (χ0) is 17.1. The minimum absolute atomic E-state index is 0.140. The lowest BCUT2D eigenvalue weighted by molar-refractivity contribution is -0.00860. The van der Waals surface area contributed by atoms with Crippen LogP contribution in [0.1, 0.15) is 12.8 Å². The predicted octanol–water partition coefficient (Wildman–Crippen LogP) is 3.56. The van der Waals surface area contributed by atoms with Crippen molar-refractivity contribution in [1.82, 2.24) is 9.97 Å². The van der Waals surface area contributed by atoms with Crippen LogP contribution in [0, 0.1) is 5.41 Å². The number of aliphatic hydroxyl groups is 1.